The Balaban J connectivity index is 2.17. The molecule has 2 rings (SSSR count). The lowest BCUT2D eigenvalue weighted by Gasteiger charge is -2.20. The maximum absolute atomic E-state index is 11.5. The number of nitrogens with zero attached hydrogens (tertiary/aromatic N) is 2. The molecule has 2 unspecified atom stereocenters. The number of methoxy groups -OCH3 is 2. The zero-order chi connectivity index (χ0) is 15.5. The van der Waals surface area contributed by atoms with Crippen molar-refractivity contribution in [2.45, 2.75) is 18.9 Å². The van der Waals surface area contributed by atoms with Crippen LogP contribution in [0.3, 0.4) is 0 Å². The Morgan fingerprint density at radius 1 is 1.48 bits per heavy atom. The zero-order valence-electron chi connectivity index (χ0n) is 12.1. The number of hydrogen-bond acceptors (Lipinski definition) is 8. The molecule has 3 N–H and O–H groups in total. The van der Waals surface area contributed by atoms with Gasteiger partial charge in [-0.05, 0) is 18.8 Å². The Labute approximate surface area is 123 Å². The van der Waals surface area contributed by atoms with Crippen LogP contribution in [0.25, 0.3) is 0 Å². The lowest BCUT2D eigenvalue weighted by molar-refractivity contribution is 0.339. The molecule has 0 amide bonds. The van der Waals surface area contributed by atoms with Gasteiger partial charge >= 0.3 is 0 Å². The second kappa shape index (κ2) is 6.54. The van der Waals surface area contributed by atoms with Gasteiger partial charge in [-0.1, -0.05) is 0 Å². The van der Waals surface area contributed by atoms with Gasteiger partial charge < -0.3 is 9.47 Å². The molecule has 1 aromatic rings. The van der Waals surface area contributed by atoms with Crippen molar-refractivity contribution in [3.8, 4) is 11.8 Å². The minimum absolute atomic E-state index is 0.0599. The van der Waals surface area contributed by atoms with Gasteiger partial charge in [-0.2, -0.15) is 4.98 Å². The lowest BCUT2D eigenvalue weighted by atomic mass is 9.97. The fraction of sp³-hybridized carbons (Fsp3) is 0.667. The average molecular weight is 316 g/mol. The first-order valence-corrected chi connectivity index (χ1v) is 8.42. The fourth-order valence-corrected chi connectivity index (χ4v) is 4.38. The van der Waals surface area contributed by atoms with Crippen molar-refractivity contribution < 1.29 is 17.9 Å². The van der Waals surface area contributed by atoms with E-state index in [1.54, 1.807) is 0 Å². The van der Waals surface area contributed by atoms with E-state index in [1.807, 2.05) is 0 Å². The van der Waals surface area contributed by atoms with Crippen LogP contribution in [0.2, 0.25) is 0 Å². The van der Waals surface area contributed by atoms with E-state index < -0.39 is 9.84 Å². The highest BCUT2D eigenvalue weighted by Crippen LogP contribution is 2.31. The lowest BCUT2D eigenvalue weighted by Crippen LogP contribution is -2.31. The van der Waals surface area contributed by atoms with E-state index in [0.29, 0.717) is 30.3 Å². The van der Waals surface area contributed by atoms with E-state index in [9.17, 15) is 8.42 Å². The average Bonchev–Trinajstić information content (AvgIpc) is 2.83. The van der Waals surface area contributed by atoms with Gasteiger partial charge in [0.25, 0.3) is 0 Å². The van der Waals surface area contributed by atoms with Crippen LogP contribution in [-0.4, -0.2) is 44.1 Å². The molecule has 2 atom stereocenters. The van der Waals surface area contributed by atoms with Crippen molar-refractivity contribution in [3.05, 3.63) is 11.9 Å². The third kappa shape index (κ3) is 3.80. The summed E-state index contributed by atoms with van der Waals surface area (Å²) in [5.41, 5.74) is 3.21. The van der Waals surface area contributed by atoms with E-state index in [2.05, 4.69) is 15.4 Å². The van der Waals surface area contributed by atoms with Crippen LogP contribution < -0.4 is 20.7 Å². The second-order valence-corrected chi connectivity index (χ2v) is 7.26. The minimum atomic E-state index is -2.91. The van der Waals surface area contributed by atoms with Crippen LogP contribution in [0.1, 0.15) is 24.6 Å². The van der Waals surface area contributed by atoms with Crippen molar-refractivity contribution in [2.24, 2.45) is 11.8 Å². The summed E-state index contributed by atoms with van der Waals surface area (Å²) < 4.78 is 33.3. The van der Waals surface area contributed by atoms with Gasteiger partial charge in [0.15, 0.2) is 9.84 Å². The maximum atomic E-state index is 11.5. The first-order chi connectivity index (χ1) is 9.99. The number of nitrogens with two attached hydrogens (primary N) is 1. The van der Waals surface area contributed by atoms with E-state index in [-0.39, 0.29) is 23.5 Å². The SMILES string of the molecule is COc1cnc(C(CC2CCS(=O)(=O)C2)NN)c(OC)n1. The summed E-state index contributed by atoms with van der Waals surface area (Å²) in [6.45, 7) is 0. The highest BCUT2D eigenvalue weighted by molar-refractivity contribution is 7.91. The van der Waals surface area contributed by atoms with E-state index in [4.69, 9.17) is 15.3 Å². The molecule has 0 aromatic carbocycles. The minimum Gasteiger partial charge on any atom is -0.480 e. The number of aromatic nitrogens is 2. The Morgan fingerprint density at radius 2 is 2.24 bits per heavy atom. The van der Waals surface area contributed by atoms with Crippen molar-refractivity contribution >= 4 is 9.84 Å². The summed E-state index contributed by atoms with van der Waals surface area (Å²) in [5.74, 6) is 6.74. The van der Waals surface area contributed by atoms with Crippen molar-refractivity contribution in [1.29, 1.82) is 0 Å². The molecular weight excluding hydrogens is 296 g/mol. The quantitative estimate of drug-likeness (QED) is 0.548. The highest BCUT2D eigenvalue weighted by Gasteiger charge is 2.31. The highest BCUT2D eigenvalue weighted by atomic mass is 32.2. The van der Waals surface area contributed by atoms with Gasteiger partial charge in [0.2, 0.25) is 11.8 Å². The normalized spacial score (nSPS) is 22.0. The molecule has 1 fully saturated rings. The molecule has 0 bridgehead atoms. The largest absolute Gasteiger partial charge is 0.480 e. The monoisotopic (exact) mass is 316 g/mol. The molecule has 1 aromatic heterocycles. The molecule has 1 aliphatic heterocycles. The van der Waals surface area contributed by atoms with Crippen LogP contribution in [0.15, 0.2) is 6.20 Å². The summed E-state index contributed by atoms with van der Waals surface area (Å²) in [4.78, 5) is 8.43. The first kappa shape index (κ1) is 15.9. The van der Waals surface area contributed by atoms with Gasteiger partial charge in [-0.3, -0.25) is 11.3 Å². The Hall–Kier alpha value is -1.45. The fourth-order valence-electron chi connectivity index (χ4n) is 2.50. The van der Waals surface area contributed by atoms with Crippen LogP contribution in [0, 0.1) is 5.92 Å². The summed E-state index contributed by atoms with van der Waals surface area (Å²) in [6, 6.07) is -0.323. The third-order valence-electron chi connectivity index (χ3n) is 3.57. The Bertz CT molecular complexity index is 593. The number of ether oxygens (including phenoxy) is 2. The molecule has 118 valence electrons. The molecule has 1 saturated heterocycles. The molecule has 2 heterocycles. The third-order valence-corrected chi connectivity index (χ3v) is 5.41. The van der Waals surface area contributed by atoms with E-state index in [0.717, 1.165) is 0 Å². The van der Waals surface area contributed by atoms with Gasteiger partial charge in [0.1, 0.15) is 5.69 Å². The van der Waals surface area contributed by atoms with Gasteiger partial charge in [0.05, 0.1) is 38.0 Å². The molecule has 0 aliphatic carbocycles. The van der Waals surface area contributed by atoms with Crippen molar-refractivity contribution in [1.82, 2.24) is 15.4 Å². The Kier molecular flexibility index (Phi) is 4.96. The van der Waals surface area contributed by atoms with Crippen LogP contribution in [0.5, 0.6) is 11.8 Å². The summed E-state index contributed by atoms with van der Waals surface area (Å²) in [5, 5.41) is 0. The van der Waals surface area contributed by atoms with Crippen LogP contribution in [0.4, 0.5) is 0 Å². The van der Waals surface area contributed by atoms with Gasteiger partial charge in [-0.15, -0.1) is 0 Å². The summed E-state index contributed by atoms with van der Waals surface area (Å²) in [7, 11) is 0.0642. The molecule has 1 aliphatic rings. The van der Waals surface area contributed by atoms with Crippen molar-refractivity contribution in [2.75, 3.05) is 25.7 Å². The predicted molar refractivity (Wildman–Crippen MR) is 76.6 cm³/mol. The number of sulfone groups is 1. The second-order valence-electron chi connectivity index (χ2n) is 5.03. The number of nitrogens with one attached hydrogen (secondary N) is 1. The number of rotatable bonds is 6. The number of hydrogen-bond donors (Lipinski definition) is 2. The Morgan fingerprint density at radius 3 is 2.76 bits per heavy atom. The molecule has 0 saturated carbocycles. The maximum Gasteiger partial charge on any atom is 0.240 e. The summed E-state index contributed by atoms with van der Waals surface area (Å²) >= 11 is 0. The topological polar surface area (TPSA) is 116 Å². The van der Waals surface area contributed by atoms with Crippen LogP contribution in [-0.2, 0) is 9.84 Å². The molecular formula is C12H20N4O4S. The number of hydrazine groups is 1. The molecule has 0 radical (unpaired) electrons. The van der Waals surface area contributed by atoms with E-state index >= 15 is 0 Å². The smallest absolute Gasteiger partial charge is 0.240 e. The molecule has 9 heteroatoms. The van der Waals surface area contributed by atoms with Gasteiger partial charge in [-0.25, -0.2) is 13.4 Å². The predicted octanol–water partition coefficient (Wildman–Crippen LogP) is -0.177. The summed E-state index contributed by atoms with van der Waals surface area (Å²) in [6.07, 6.45) is 2.69. The molecule has 21 heavy (non-hydrogen) atoms. The first-order valence-electron chi connectivity index (χ1n) is 6.60. The van der Waals surface area contributed by atoms with E-state index in [1.165, 1.54) is 20.4 Å². The zero-order valence-corrected chi connectivity index (χ0v) is 12.9. The standard InChI is InChI=1S/C12H20N4O4S/c1-19-10-6-14-11(12(15-10)20-2)9(16-13)5-8-3-4-21(17,18)7-8/h6,8-9,16H,3-5,7,13H2,1-2H3. The molecule has 8 nitrogen and oxygen atoms in total. The van der Waals surface area contributed by atoms with Crippen molar-refractivity contribution in [3.63, 3.8) is 0 Å². The van der Waals surface area contributed by atoms with Crippen LogP contribution >= 0.6 is 0 Å². The molecule has 0 spiro atoms. The van der Waals surface area contributed by atoms with Gasteiger partial charge in [0, 0.05) is 0 Å².